The van der Waals surface area contributed by atoms with Crippen LogP contribution in [0.1, 0.15) is 5.56 Å². The van der Waals surface area contributed by atoms with E-state index in [1.165, 1.54) is 29.2 Å². The van der Waals surface area contributed by atoms with E-state index in [0.717, 1.165) is 6.07 Å². The van der Waals surface area contributed by atoms with Crippen molar-refractivity contribution >= 4 is 23.2 Å². The Balaban J connectivity index is 1.94. The number of nitrogens with zero attached hydrogens (tertiary/aromatic N) is 2. The molecule has 0 aliphatic heterocycles. The minimum Gasteiger partial charge on any atom is -0.482 e. The maximum absolute atomic E-state index is 13.1. The molecule has 0 atom stereocenters. The standard InChI is InChI=1S/C16H14ClFN2O4/c1-19(9-11-3-2-4-12(18)7-11)16(21)10-24-15-6-5-13(20(22)23)8-14(15)17/h2-8H,9-10H2,1H3. The van der Waals surface area contributed by atoms with Crippen LogP contribution < -0.4 is 4.74 Å². The van der Waals surface area contributed by atoms with E-state index < -0.39 is 4.92 Å². The lowest BCUT2D eigenvalue weighted by Crippen LogP contribution is -2.31. The van der Waals surface area contributed by atoms with Crippen LogP contribution in [0, 0.1) is 15.9 Å². The quantitative estimate of drug-likeness (QED) is 0.589. The summed E-state index contributed by atoms with van der Waals surface area (Å²) in [5.74, 6) is -0.536. The number of nitro benzene ring substituents is 1. The van der Waals surface area contributed by atoms with E-state index in [9.17, 15) is 19.3 Å². The number of amides is 1. The Labute approximate surface area is 142 Å². The van der Waals surface area contributed by atoms with Gasteiger partial charge in [0.1, 0.15) is 11.6 Å². The van der Waals surface area contributed by atoms with Gasteiger partial charge >= 0.3 is 0 Å². The average molecular weight is 353 g/mol. The van der Waals surface area contributed by atoms with E-state index in [2.05, 4.69) is 0 Å². The monoisotopic (exact) mass is 352 g/mol. The Hall–Kier alpha value is -2.67. The molecular formula is C16H14ClFN2O4. The molecule has 8 heteroatoms. The van der Waals surface area contributed by atoms with Gasteiger partial charge in [-0.25, -0.2) is 4.39 Å². The highest BCUT2D eigenvalue weighted by Crippen LogP contribution is 2.28. The van der Waals surface area contributed by atoms with Crippen LogP contribution in [-0.4, -0.2) is 29.4 Å². The first-order chi connectivity index (χ1) is 11.4. The molecule has 0 aliphatic carbocycles. The second kappa shape index (κ2) is 7.74. The molecule has 2 rings (SSSR count). The van der Waals surface area contributed by atoms with E-state index in [-0.39, 0.29) is 41.3 Å². The van der Waals surface area contributed by atoms with Crippen molar-refractivity contribution in [2.75, 3.05) is 13.7 Å². The molecule has 0 N–H and O–H groups in total. The van der Waals surface area contributed by atoms with Gasteiger partial charge in [-0.3, -0.25) is 14.9 Å². The minimum atomic E-state index is -0.576. The maximum Gasteiger partial charge on any atom is 0.271 e. The summed E-state index contributed by atoms with van der Waals surface area (Å²) in [4.78, 5) is 23.5. The number of rotatable bonds is 6. The van der Waals surface area contributed by atoms with Gasteiger partial charge in [-0.2, -0.15) is 0 Å². The van der Waals surface area contributed by atoms with E-state index in [1.54, 1.807) is 19.2 Å². The molecule has 0 unspecified atom stereocenters. The molecule has 0 aromatic heterocycles. The highest BCUT2D eigenvalue weighted by atomic mass is 35.5. The zero-order chi connectivity index (χ0) is 17.7. The molecule has 0 aliphatic rings. The number of nitro groups is 1. The molecule has 2 aromatic rings. The molecule has 0 saturated heterocycles. The first-order valence-corrected chi connectivity index (χ1v) is 7.30. The summed E-state index contributed by atoms with van der Waals surface area (Å²) >= 11 is 5.89. The normalized spacial score (nSPS) is 10.3. The zero-order valence-electron chi connectivity index (χ0n) is 12.7. The second-order valence-electron chi connectivity index (χ2n) is 5.04. The fourth-order valence-electron chi connectivity index (χ4n) is 1.97. The zero-order valence-corrected chi connectivity index (χ0v) is 13.5. The third-order valence-electron chi connectivity index (χ3n) is 3.21. The molecule has 24 heavy (non-hydrogen) atoms. The van der Waals surface area contributed by atoms with E-state index in [0.29, 0.717) is 5.56 Å². The fourth-order valence-corrected chi connectivity index (χ4v) is 2.20. The molecule has 0 saturated carbocycles. The number of likely N-dealkylation sites (N-methyl/N-ethyl adjacent to an activating group) is 1. The van der Waals surface area contributed by atoms with Gasteiger partial charge in [-0.15, -0.1) is 0 Å². The lowest BCUT2D eigenvalue weighted by Gasteiger charge is -2.18. The Kier molecular flexibility index (Phi) is 5.70. The lowest BCUT2D eigenvalue weighted by molar-refractivity contribution is -0.384. The largest absolute Gasteiger partial charge is 0.482 e. The van der Waals surface area contributed by atoms with Gasteiger partial charge < -0.3 is 9.64 Å². The number of non-ortho nitro benzene ring substituents is 1. The molecular weight excluding hydrogens is 339 g/mol. The second-order valence-corrected chi connectivity index (χ2v) is 5.45. The van der Waals surface area contributed by atoms with Crippen molar-refractivity contribution < 1.29 is 18.8 Å². The number of hydrogen-bond donors (Lipinski definition) is 0. The van der Waals surface area contributed by atoms with Crippen molar-refractivity contribution in [2.45, 2.75) is 6.54 Å². The van der Waals surface area contributed by atoms with Crippen LogP contribution in [0.3, 0.4) is 0 Å². The summed E-state index contributed by atoms with van der Waals surface area (Å²) in [5, 5.41) is 10.7. The molecule has 1 amide bonds. The van der Waals surface area contributed by atoms with Crippen LogP contribution in [0.4, 0.5) is 10.1 Å². The third-order valence-corrected chi connectivity index (χ3v) is 3.51. The predicted molar refractivity (Wildman–Crippen MR) is 86.5 cm³/mol. The first kappa shape index (κ1) is 17.7. The summed E-state index contributed by atoms with van der Waals surface area (Å²) in [6.45, 7) is -0.0582. The van der Waals surface area contributed by atoms with Crippen LogP contribution in [0.2, 0.25) is 5.02 Å². The summed E-state index contributed by atoms with van der Waals surface area (Å²) in [5.41, 5.74) is 0.487. The smallest absolute Gasteiger partial charge is 0.271 e. The van der Waals surface area contributed by atoms with Gasteiger partial charge in [0.05, 0.1) is 9.95 Å². The Morgan fingerprint density at radius 2 is 2.08 bits per heavy atom. The predicted octanol–water partition coefficient (Wildman–Crippen LogP) is 3.42. The number of carbonyl (C=O) groups is 1. The molecule has 0 radical (unpaired) electrons. The summed E-state index contributed by atoms with van der Waals surface area (Å²) in [7, 11) is 1.56. The number of halogens is 2. The van der Waals surface area contributed by atoms with Gasteiger partial charge in [-0.1, -0.05) is 23.7 Å². The molecule has 2 aromatic carbocycles. The van der Waals surface area contributed by atoms with Crippen molar-refractivity contribution in [1.29, 1.82) is 0 Å². The van der Waals surface area contributed by atoms with Crippen molar-refractivity contribution in [3.8, 4) is 5.75 Å². The maximum atomic E-state index is 13.1. The molecule has 0 heterocycles. The lowest BCUT2D eigenvalue weighted by atomic mass is 10.2. The van der Waals surface area contributed by atoms with Gasteiger partial charge in [0.2, 0.25) is 0 Å². The fraction of sp³-hybridized carbons (Fsp3) is 0.188. The Morgan fingerprint density at radius 3 is 2.71 bits per heavy atom. The third kappa shape index (κ3) is 4.66. The SMILES string of the molecule is CN(Cc1cccc(F)c1)C(=O)COc1ccc([N+](=O)[O-])cc1Cl. The van der Waals surface area contributed by atoms with Gasteiger partial charge in [0.25, 0.3) is 11.6 Å². The number of carbonyl (C=O) groups excluding carboxylic acids is 1. The number of benzene rings is 2. The Bertz CT molecular complexity index is 769. The van der Waals surface area contributed by atoms with Crippen molar-refractivity contribution in [3.05, 3.63) is 69.0 Å². The number of ether oxygens (including phenoxy) is 1. The molecule has 0 fully saturated rings. The average Bonchev–Trinajstić information content (AvgIpc) is 2.53. The highest BCUT2D eigenvalue weighted by molar-refractivity contribution is 6.32. The molecule has 0 spiro atoms. The molecule has 126 valence electrons. The molecule has 0 bridgehead atoms. The minimum absolute atomic E-state index is 0.0461. The summed E-state index contributed by atoms with van der Waals surface area (Å²) in [6.07, 6.45) is 0. The topological polar surface area (TPSA) is 72.7 Å². The van der Waals surface area contributed by atoms with Crippen molar-refractivity contribution in [3.63, 3.8) is 0 Å². The van der Waals surface area contributed by atoms with Gasteiger partial charge in [0.15, 0.2) is 6.61 Å². The summed E-state index contributed by atoms with van der Waals surface area (Å²) in [6, 6.07) is 9.67. The van der Waals surface area contributed by atoms with Crippen LogP contribution >= 0.6 is 11.6 Å². The number of hydrogen-bond acceptors (Lipinski definition) is 4. The van der Waals surface area contributed by atoms with Crippen molar-refractivity contribution in [2.24, 2.45) is 0 Å². The van der Waals surface area contributed by atoms with E-state index in [1.807, 2.05) is 0 Å². The van der Waals surface area contributed by atoms with Crippen LogP contribution in [-0.2, 0) is 11.3 Å². The summed E-state index contributed by atoms with van der Waals surface area (Å²) < 4.78 is 18.4. The van der Waals surface area contributed by atoms with Gasteiger partial charge in [0, 0.05) is 25.7 Å². The van der Waals surface area contributed by atoms with E-state index >= 15 is 0 Å². The molecule has 6 nitrogen and oxygen atoms in total. The van der Waals surface area contributed by atoms with Crippen LogP contribution in [0.25, 0.3) is 0 Å². The van der Waals surface area contributed by atoms with E-state index in [4.69, 9.17) is 16.3 Å². The Morgan fingerprint density at radius 1 is 1.33 bits per heavy atom. The first-order valence-electron chi connectivity index (χ1n) is 6.92. The van der Waals surface area contributed by atoms with Crippen LogP contribution in [0.15, 0.2) is 42.5 Å². The van der Waals surface area contributed by atoms with Gasteiger partial charge in [-0.05, 0) is 23.8 Å². The highest BCUT2D eigenvalue weighted by Gasteiger charge is 2.14. The van der Waals surface area contributed by atoms with Crippen LogP contribution in [0.5, 0.6) is 5.75 Å². The van der Waals surface area contributed by atoms with Crippen molar-refractivity contribution in [1.82, 2.24) is 4.90 Å².